The average Bonchev–Trinajstić information content (AvgIpc) is 3.52. The highest BCUT2D eigenvalue weighted by atomic mass is 35.5. The van der Waals surface area contributed by atoms with Crippen molar-refractivity contribution < 1.29 is 14.3 Å². The topological polar surface area (TPSA) is 87.3 Å². The van der Waals surface area contributed by atoms with Gasteiger partial charge in [-0.25, -0.2) is 0 Å². The van der Waals surface area contributed by atoms with Gasteiger partial charge in [0, 0.05) is 0 Å². The number of nitrogens with one attached hydrogen (secondary N) is 1. The molecule has 34 heavy (non-hydrogen) atoms. The largest absolute Gasteiger partial charge is 0.490 e. The minimum absolute atomic E-state index is 0.00565. The number of rotatable bonds is 7. The SMILES string of the molecule is N=C1C(=Cc2ccc(OCCOc3ccccc3Cl)cc2)C(=O)N=C2SC(c3cccs3)=NN12. The van der Waals surface area contributed by atoms with Gasteiger partial charge >= 0.3 is 0 Å². The van der Waals surface area contributed by atoms with Crippen LogP contribution in [0.1, 0.15) is 10.4 Å². The number of fused-ring (bicyclic) bond motifs is 1. The van der Waals surface area contributed by atoms with Gasteiger partial charge in [0.05, 0.1) is 15.5 Å². The molecular formula is C24H17ClN4O3S2. The van der Waals surface area contributed by atoms with Crippen LogP contribution in [0, 0.1) is 5.41 Å². The van der Waals surface area contributed by atoms with Crippen LogP contribution in [0.3, 0.4) is 0 Å². The predicted molar refractivity (Wildman–Crippen MR) is 137 cm³/mol. The molecule has 1 aromatic heterocycles. The molecule has 5 rings (SSSR count). The first-order chi connectivity index (χ1) is 16.6. The van der Waals surface area contributed by atoms with Gasteiger partial charge in [0.15, 0.2) is 5.84 Å². The number of para-hydroxylation sites is 1. The Labute approximate surface area is 208 Å². The summed E-state index contributed by atoms with van der Waals surface area (Å²) in [6.07, 6.45) is 1.64. The fourth-order valence-electron chi connectivity index (χ4n) is 3.19. The van der Waals surface area contributed by atoms with Crippen LogP contribution < -0.4 is 9.47 Å². The smallest absolute Gasteiger partial charge is 0.283 e. The summed E-state index contributed by atoms with van der Waals surface area (Å²) >= 11 is 8.91. The third kappa shape index (κ3) is 4.77. The highest BCUT2D eigenvalue weighted by Crippen LogP contribution is 2.32. The first kappa shape index (κ1) is 22.4. The molecule has 170 valence electrons. The second-order valence-corrected chi connectivity index (χ2v) is 9.41. The molecule has 2 aromatic carbocycles. The second-order valence-electron chi connectivity index (χ2n) is 7.10. The van der Waals surface area contributed by atoms with Crippen molar-refractivity contribution in [3.05, 3.63) is 87.1 Å². The van der Waals surface area contributed by atoms with E-state index in [1.54, 1.807) is 41.7 Å². The number of halogens is 1. The van der Waals surface area contributed by atoms with Gasteiger partial charge in [0.2, 0.25) is 5.17 Å². The molecule has 0 saturated heterocycles. The summed E-state index contributed by atoms with van der Waals surface area (Å²) < 4.78 is 11.3. The Balaban J connectivity index is 1.22. The Morgan fingerprint density at radius 2 is 1.82 bits per heavy atom. The number of amides is 1. The monoisotopic (exact) mass is 508 g/mol. The number of thioether (sulfide) groups is 1. The van der Waals surface area contributed by atoms with Gasteiger partial charge in [-0.2, -0.15) is 15.1 Å². The van der Waals surface area contributed by atoms with Crippen LogP contribution in [0.15, 0.2) is 81.7 Å². The van der Waals surface area contributed by atoms with Crippen molar-refractivity contribution >= 4 is 62.7 Å². The molecule has 2 aliphatic heterocycles. The Bertz CT molecular complexity index is 1330. The molecular weight excluding hydrogens is 492 g/mol. The van der Waals surface area contributed by atoms with E-state index in [0.717, 1.165) is 15.5 Å². The van der Waals surface area contributed by atoms with E-state index >= 15 is 0 Å². The van der Waals surface area contributed by atoms with Gasteiger partial charge in [0.25, 0.3) is 5.91 Å². The van der Waals surface area contributed by atoms with Crippen LogP contribution in [-0.4, -0.2) is 40.2 Å². The molecule has 0 bridgehead atoms. The van der Waals surface area contributed by atoms with E-state index in [-0.39, 0.29) is 11.4 Å². The molecule has 0 radical (unpaired) electrons. The van der Waals surface area contributed by atoms with Crippen molar-refractivity contribution in [1.29, 1.82) is 5.41 Å². The lowest BCUT2D eigenvalue weighted by atomic mass is 10.1. The minimum Gasteiger partial charge on any atom is -0.490 e. The fraction of sp³-hybridized carbons (Fsp3) is 0.0833. The van der Waals surface area contributed by atoms with Gasteiger partial charge in [-0.15, -0.1) is 11.3 Å². The zero-order chi connectivity index (χ0) is 23.5. The van der Waals surface area contributed by atoms with E-state index in [2.05, 4.69) is 10.1 Å². The van der Waals surface area contributed by atoms with Gasteiger partial charge < -0.3 is 9.47 Å². The maximum atomic E-state index is 12.6. The van der Waals surface area contributed by atoms with Crippen LogP contribution in [0.5, 0.6) is 11.5 Å². The van der Waals surface area contributed by atoms with Crippen LogP contribution in [0.25, 0.3) is 6.08 Å². The third-order valence-corrected chi connectivity index (χ3v) is 7.08. The normalized spacial score (nSPS) is 16.4. The number of ether oxygens (including phenoxy) is 2. The minimum atomic E-state index is -0.455. The Hall–Kier alpha value is -3.40. The van der Waals surface area contributed by atoms with Crippen molar-refractivity contribution in [1.82, 2.24) is 5.01 Å². The van der Waals surface area contributed by atoms with E-state index in [0.29, 0.717) is 34.9 Å². The highest BCUT2D eigenvalue weighted by molar-refractivity contribution is 8.27. The lowest BCUT2D eigenvalue weighted by Crippen LogP contribution is -2.35. The molecule has 3 heterocycles. The van der Waals surface area contributed by atoms with E-state index in [1.807, 2.05) is 41.8 Å². The summed E-state index contributed by atoms with van der Waals surface area (Å²) in [6, 6.07) is 18.4. The zero-order valence-corrected chi connectivity index (χ0v) is 20.0. The molecule has 0 saturated carbocycles. The summed E-state index contributed by atoms with van der Waals surface area (Å²) in [5, 5.41) is 18.0. The maximum Gasteiger partial charge on any atom is 0.283 e. The van der Waals surface area contributed by atoms with Crippen molar-refractivity contribution in [2.24, 2.45) is 10.1 Å². The van der Waals surface area contributed by atoms with E-state index < -0.39 is 5.91 Å². The summed E-state index contributed by atoms with van der Waals surface area (Å²) in [5.74, 6) is 0.828. The molecule has 1 N–H and O–H groups in total. The Kier molecular flexibility index (Phi) is 6.48. The van der Waals surface area contributed by atoms with Gasteiger partial charge in [-0.05, 0) is 59.1 Å². The quantitative estimate of drug-likeness (QED) is 0.335. The number of hydrogen-bond acceptors (Lipinski definition) is 7. The first-order valence-electron chi connectivity index (χ1n) is 10.2. The zero-order valence-electron chi connectivity index (χ0n) is 17.6. The molecule has 2 aliphatic rings. The molecule has 0 fully saturated rings. The summed E-state index contributed by atoms with van der Waals surface area (Å²) in [7, 11) is 0. The van der Waals surface area contributed by atoms with Crippen molar-refractivity contribution in [2.45, 2.75) is 0 Å². The van der Waals surface area contributed by atoms with E-state index in [1.165, 1.54) is 16.8 Å². The molecule has 0 unspecified atom stereocenters. The van der Waals surface area contributed by atoms with Crippen LogP contribution >= 0.6 is 34.7 Å². The molecule has 1 amide bonds. The number of carbonyl (C=O) groups is 1. The number of benzene rings is 2. The third-order valence-electron chi connectivity index (χ3n) is 4.82. The Morgan fingerprint density at radius 1 is 1.03 bits per heavy atom. The number of aliphatic imine (C=N–C) groups is 1. The van der Waals surface area contributed by atoms with Gasteiger partial charge in [-0.3, -0.25) is 10.2 Å². The standard InChI is InChI=1S/C24H17ClN4O3S2/c25-18-4-1-2-5-19(18)32-12-11-31-16-9-7-15(8-10-16)14-17-21(26)29-24(27-22(17)30)34-23(28-29)20-6-3-13-33-20/h1-10,13-14,26H,11-12H2. The lowest BCUT2D eigenvalue weighted by molar-refractivity contribution is -0.114. The van der Waals surface area contributed by atoms with E-state index in [4.69, 9.17) is 26.5 Å². The fourth-order valence-corrected chi connectivity index (χ4v) is 5.07. The van der Waals surface area contributed by atoms with Crippen molar-refractivity contribution in [3.63, 3.8) is 0 Å². The van der Waals surface area contributed by atoms with E-state index in [9.17, 15) is 4.79 Å². The van der Waals surface area contributed by atoms with Gasteiger partial charge in [0.1, 0.15) is 29.8 Å². The summed E-state index contributed by atoms with van der Waals surface area (Å²) in [4.78, 5) is 17.7. The number of nitrogens with zero attached hydrogens (tertiary/aromatic N) is 3. The van der Waals surface area contributed by atoms with Crippen LogP contribution in [0.4, 0.5) is 0 Å². The first-order valence-corrected chi connectivity index (χ1v) is 12.3. The second kappa shape index (κ2) is 9.84. The van der Waals surface area contributed by atoms with Crippen LogP contribution in [0.2, 0.25) is 5.02 Å². The van der Waals surface area contributed by atoms with Crippen molar-refractivity contribution in [3.8, 4) is 11.5 Å². The van der Waals surface area contributed by atoms with Crippen molar-refractivity contribution in [2.75, 3.05) is 13.2 Å². The molecule has 0 atom stereocenters. The molecule has 0 spiro atoms. The maximum absolute atomic E-state index is 12.6. The van der Waals surface area contributed by atoms with Gasteiger partial charge in [-0.1, -0.05) is 41.9 Å². The molecule has 7 nitrogen and oxygen atoms in total. The molecule has 0 aliphatic carbocycles. The number of amidine groups is 2. The number of hydrogen-bond donors (Lipinski definition) is 1. The summed E-state index contributed by atoms with van der Waals surface area (Å²) in [5.41, 5.74) is 0.933. The predicted octanol–water partition coefficient (Wildman–Crippen LogP) is 5.53. The number of carbonyl (C=O) groups excluding carboxylic acids is 1. The average molecular weight is 509 g/mol. The number of hydrazone groups is 1. The van der Waals surface area contributed by atoms with Crippen LogP contribution in [-0.2, 0) is 4.79 Å². The molecule has 10 heteroatoms. The molecule has 3 aromatic rings. The lowest BCUT2D eigenvalue weighted by Gasteiger charge is -2.20. The summed E-state index contributed by atoms with van der Waals surface area (Å²) in [6.45, 7) is 0.701. The Morgan fingerprint density at radius 3 is 2.59 bits per heavy atom. The highest BCUT2D eigenvalue weighted by Gasteiger charge is 2.36. The number of thiophene rings is 1.